The summed E-state index contributed by atoms with van der Waals surface area (Å²) in [6.07, 6.45) is 4.00. The van der Waals surface area contributed by atoms with E-state index in [1.165, 1.54) is 0 Å². The lowest BCUT2D eigenvalue weighted by atomic mass is 10.0. The number of nitrogens with one attached hydrogen (secondary N) is 2. The van der Waals surface area contributed by atoms with Crippen LogP contribution in [0.25, 0.3) is 0 Å². The topological polar surface area (TPSA) is 79.9 Å². The molecule has 1 saturated heterocycles. The van der Waals surface area contributed by atoms with Crippen LogP contribution in [0.1, 0.15) is 47.6 Å². The molecular weight excluding hydrogens is 394 g/mol. The minimum Gasteiger partial charge on any atom is -0.497 e. The van der Waals surface area contributed by atoms with E-state index in [2.05, 4.69) is 15.5 Å². The molecule has 2 amide bonds. The van der Waals surface area contributed by atoms with Gasteiger partial charge in [-0.1, -0.05) is 18.2 Å². The minimum atomic E-state index is -0.139. The van der Waals surface area contributed by atoms with Gasteiger partial charge in [0.25, 0.3) is 5.91 Å². The molecule has 164 valence electrons. The van der Waals surface area contributed by atoms with Gasteiger partial charge < -0.3 is 20.1 Å². The van der Waals surface area contributed by atoms with Crippen LogP contribution >= 0.6 is 0 Å². The average Bonchev–Trinajstić information content (AvgIpc) is 3.48. The predicted octanol–water partition coefficient (Wildman–Crippen LogP) is 3.37. The van der Waals surface area contributed by atoms with Gasteiger partial charge >= 0.3 is 0 Å². The minimum absolute atomic E-state index is 0.0972. The lowest BCUT2D eigenvalue weighted by Crippen LogP contribution is -2.34. The van der Waals surface area contributed by atoms with Gasteiger partial charge in [-0.05, 0) is 50.4 Å². The van der Waals surface area contributed by atoms with Crippen LogP contribution in [0, 0.1) is 0 Å². The van der Waals surface area contributed by atoms with Gasteiger partial charge in [-0.25, -0.2) is 0 Å². The number of para-hydroxylation sites is 1. The third-order valence-electron chi connectivity index (χ3n) is 5.87. The second-order valence-electron chi connectivity index (χ2n) is 8.08. The number of hydrogen-bond acceptors (Lipinski definition) is 5. The molecule has 1 aliphatic heterocycles. The molecule has 7 heteroatoms. The molecule has 1 aliphatic carbocycles. The van der Waals surface area contributed by atoms with Gasteiger partial charge in [0.1, 0.15) is 11.5 Å². The zero-order valence-corrected chi connectivity index (χ0v) is 18.0. The monoisotopic (exact) mass is 423 g/mol. The quantitative estimate of drug-likeness (QED) is 0.681. The molecule has 0 radical (unpaired) electrons. The number of carbonyl (C=O) groups excluding carboxylic acids is 2. The smallest absolute Gasteiger partial charge is 0.253 e. The maximum atomic E-state index is 12.9. The van der Waals surface area contributed by atoms with Gasteiger partial charge in [-0.2, -0.15) is 0 Å². The molecule has 1 unspecified atom stereocenters. The zero-order chi connectivity index (χ0) is 21.8. The van der Waals surface area contributed by atoms with Gasteiger partial charge in [0.2, 0.25) is 5.91 Å². The number of hydrogen-bond donors (Lipinski definition) is 2. The number of nitrogens with zero attached hydrogens (tertiary/aromatic N) is 1. The number of ether oxygens (including phenoxy) is 2. The summed E-state index contributed by atoms with van der Waals surface area (Å²) in [6, 6.07) is 13.3. The summed E-state index contributed by atoms with van der Waals surface area (Å²) in [4.78, 5) is 27.5. The van der Waals surface area contributed by atoms with Crippen molar-refractivity contribution in [2.24, 2.45) is 0 Å². The Bertz CT molecular complexity index is 958. The van der Waals surface area contributed by atoms with Crippen molar-refractivity contribution in [3.63, 3.8) is 0 Å². The lowest BCUT2D eigenvalue weighted by Gasteiger charge is -2.26. The van der Waals surface area contributed by atoms with Gasteiger partial charge in [0.05, 0.1) is 32.0 Å². The molecule has 7 nitrogen and oxygen atoms in total. The van der Waals surface area contributed by atoms with Crippen molar-refractivity contribution in [3.8, 4) is 11.5 Å². The maximum Gasteiger partial charge on any atom is 0.253 e. The van der Waals surface area contributed by atoms with Crippen molar-refractivity contribution < 1.29 is 19.1 Å². The van der Waals surface area contributed by atoms with Gasteiger partial charge in [-0.15, -0.1) is 0 Å². The van der Waals surface area contributed by atoms with Crippen molar-refractivity contribution >= 4 is 17.5 Å². The van der Waals surface area contributed by atoms with Crippen LogP contribution in [0.5, 0.6) is 11.5 Å². The van der Waals surface area contributed by atoms with Crippen molar-refractivity contribution in [3.05, 3.63) is 53.6 Å². The first-order chi connectivity index (χ1) is 15.1. The van der Waals surface area contributed by atoms with E-state index in [1.807, 2.05) is 30.3 Å². The fourth-order valence-corrected chi connectivity index (χ4v) is 4.12. The summed E-state index contributed by atoms with van der Waals surface area (Å²) < 4.78 is 10.9. The van der Waals surface area contributed by atoms with Crippen LogP contribution in [0.15, 0.2) is 42.5 Å². The summed E-state index contributed by atoms with van der Waals surface area (Å²) in [5.41, 5.74) is 2.10. The first kappa shape index (κ1) is 21.2. The maximum absolute atomic E-state index is 12.9. The standard InChI is InChI=1S/C24H29N3O4/c1-30-17-11-12-19(22(14-17)31-2)21-8-5-13-27(21)15-23(28)26-20-7-4-3-6-18(20)24(29)25-16-9-10-16/h3-4,6-7,11-12,14,16,21H,5,8-10,13,15H2,1-2H3,(H,25,29)(H,26,28). The van der Waals surface area contributed by atoms with E-state index in [1.54, 1.807) is 26.4 Å². The number of likely N-dealkylation sites (tertiary alicyclic amines) is 1. The summed E-state index contributed by atoms with van der Waals surface area (Å²) >= 11 is 0. The molecule has 0 spiro atoms. The molecule has 2 N–H and O–H groups in total. The fraction of sp³-hybridized carbons (Fsp3) is 0.417. The van der Waals surface area contributed by atoms with Crippen LogP contribution in [0.2, 0.25) is 0 Å². The van der Waals surface area contributed by atoms with Gasteiger partial charge in [0, 0.05) is 23.7 Å². The van der Waals surface area contributed by atoms with E-state index in [4.69, 9.17) is 9.47 Å². The Morgan fingerprint density at radius 3 is 2.61 bits per heavy atom. The SMILES string of the molecule is COc1ccc(C2CCCN2CC(=O)Nc2ccccc2C(=O)NC2CC2)c(OC)c1. The van der Waals surface area contributed by atoms with Crippen LogP contribution in [0.4, 0.5) is 5.69 Å². The fourth-order valence-electron chi connectivity index (χ4n) is 4.12. The molecule has 2 aromatic carbocycles. The molecule has 0 bridgehead atoms. The second-order valence-corrected chi connectivity index (χ2v) is 8.08. The Kier molecular flexibility index (Phi) is 6.42. The molecule has 1 heterocycles. The lowest BCUT2D eigenvalue weighted by molar-refractivity contribution is -0.117. The Balaban J connectivity index is 1.45. The number of methoxy groups -OCH3 is 2. The number of amides is 2. The largest absolute Gasteiger partial charge is 0.497 e. The normalized spacial score (nSPS) is 18.5. The second kappa shape index (κ2) is 9.39. The zero-order valence-electron chi connectivity index (χ0n) is 18.0. The Labute approximate surface area is 182 Å². The number of anilines is 1. The highest BCUT2D eigenvalue weighted by molar-refractivity contribution is 6.04. The van der Waals surface area contributed by atoms with E-state index >= 15 is 0 Å². The van der Waals surface area contributed by atoms with E-state index < -0.39 is 0 Å². The Hall–Kier alpha value is -3.06. The van der Waals surface area contributed by atoms with Crippen molar-refractivity contribution in [1.29, 1.82) is 0 Å². The molecular formula is C24H29N3O4. The number of rotatable bonds is 8. The summed E-state index contributed by atoms with van der Waals surface area (Å²) in [7, 11) is 3.28. The van der Waals surface area contributed by atoms with Gasteiger partial charge in [-0.3, -0.25) is 14.5 Å². The molecule has 2 aromatic rings. The van der Waals surface area contributed by atoms with Crippen molar-refractivity contribution in [2.45, 2.75) is 37.8 Å². The highest BCUT2D eigenvalue weighted by Crippen LogP contribution is 2.38. The predicted molar refractivity (Wildman–Crippen MR) is 119 cm³/mol. The summed E-state index contributed by atoms with van der Waals surface area (Å²) in [6.45, 7) is 1.08. The van der Waals surface area contributed by atoms with E-state index in [9.17, 15) is 9.59 Å². The molecule has 1 atom stereocenters. The molecule has 1 saturated carbocycles. The van der Waals surface area contributed by atoms with Crippen LogP contribution in [-0.2, 0) is 4.79 Å². The van der Waals surface area contributed by atoms with Crippen LogP contribution in [-0.4, -0.2) is 50.1 Å². The highest BCUT2D eigenvalue weighted by Gasteiger charge is 2.30. The molecule has 4 rings (SSSR count). The number of carbonyl (C=O) groups is 2. The number of benzene rings is 2. The van der Waals surface area contributed by atoms with E-state index in [0.29, 0.717) is 11.3 Å². The average molecular weight is 424 g/mol. The highest BCUT2D eigenvalue weighted by atomic mass is 16.5. The first-order valence-corrected chi connectivity index (χ1v) is 10.7. The summed E-state index contributed by atoms with van der Waals surface area (Å²) in [5, 5.41) is 5.92. The molecule has 31 heavy (non-hydrogen) atoms. The molecule has 2 fully saturated rings. The van der Waals surface area contributed by atoms with Crippen molar-refractivity contribution in [2.75, 3.05) is 32.6 Å². The van der Waals surface area contributed by atoms with Gasteiger partial charge in [0.15, 0.2) is 0 Å². The van der Waals surface area contributed by atoms with E-state index in [-0.39, 0.29) is 30.4 Å². The summed E-state index contributed by atoms with van der Waals surface area (Å²) in [5.74, 6) is 1.23. The third kappa shape index (κ3) is 4.99. The molecule has 0 aromatic heterocycles. The Morgan fingerprint density at radius 1 is 1.06 bits per heavy atom. The van der Waals surface area contributed by atoms with Crippen LogP contribution < -0.4 is 20.1 Å². The third-order valence-corrected chi connectivity index (χ3v) is 5.87. The molecule has 2 aliphatic rings. The van der Waals surface area contributed by atoms with Crippen molar-refractivity contribution in [1.82, 2.24) is 10.2 Å². The Morgan fingerprint density at radius 2 is 1.87 bits per heavy atom. The van der Waals surface area contributed by atoms with E-state index in [0.717, 1.165) is 49.3 Å². The van der Waals surface area contributed by atoms with Crippen LogP contribution in [0.3, 0.4) is 0 Å². The first-order valence-electron chi connectivity index (χ1n) is 10.7.